The molecule has 0 radical (unpaired) electrons. The normalized spacial score (nSPS) is 17.7. The Labute approximate surface area is 122 Å². The van der Waals surface area contributed by atoms with Gasteiger partial charge in [-0.1, -0.05) is 36.4 Å². The van der Waals surface area contributed by atoms with Gasteiger partial charge in [0.05, 0.1) is 0 Å². The Morgan fingerprint density at radius 2 is 1.83 bits per heavy atom. The fourth-order valence-electron chi connectivity index (χ4n) is 2.61. The van der Waals surface area contributed by atoms with Gasteiger partial charge in [0.25, 0.3) is 0 Å². The minimum Gasteiger partial charge on any atom is -0.306 e. The van der Waals surface area contributed by atoms with Gasteiger partial charge in [-0.15, -0.1) is 0 Å². The Kier molecular flexibility index (Phi) is 3.66. The van der Waals surface area contributed by atoms with Crippen LogP contribution in [-0.4, -0.2) is 0 Å². The van der Waals surface area contributed by atoms with Gasteiger partial charge in [0, 0.05) is 16.2 Å². The van der Waals surface area contributed by atoms with Crippen molar-refractivity contribution >= 4 is 22.6 Å². The molecule has 0 saturated heterocycles. The van der Waals surface area contributed by atoms with Gasteiger partial charge < -0.3 is 5.32 Å². The summed E-state index contributed by atoms with van der Waals surface area (Å²) < 4.78 is 1.29. The lowest BCUT2D eigenvalue weighted by atomic mass is 10.1. The van der Waals surface area contributed by atoms with E-state index in [1.807, 2.05) is 0 Å². The van der Waals surface area contributed by atoms with E-state index in [2.05, 4.69) is 76.4 Å². The Bertz CT molecular complexity index is 533. The molecule has 92 valence electrons. The first-order valence-electron chi connectivity index (χ1n) is 6.38. The van der Waals surface area contributed by atoms with Crippen molar-refractivity contribution in [3.63, 3.8) is 0 Å². The van der Waals surface area contributed by atoms with Crippen molar-refractivity contribution in [2.75, 3.05) is 0 Å². The third kappa shape index (κ3) is 2.59. The smallest absolute Gasteiger partial charge is 0.0329 e. The lowest BCUT2D eigenvalue weighted by molar-refractivity contribution is 0.530. The first-order valence-corrected chi connectivity index (χ1v) is 7.46. The van der Waals surface area contributed by atoms with Crippen molar-refractivity contribution in [3.8, 4) is 0 Å². The zero-order valence-electron chi connectivity index (χ0n) is 10.2. The van der Waals surface area contributed by atoms with E-state index in [1.54, 1.807) is 0 Å². The number of rotatable bonds is 3. The third-order valence-electron chi connectivity index (χ3n) is 3.60. The molecule has 1 N–H and O–H groups in total. The molecule has 2 heteroatoms. The topological polar surface area (TPSA) is 12.0 Å². The van der Waals surface area contributed by atoms with E-state index in [4.69, 9.17) is 0 Å². The number of benzene rings is 2. The van der Waals surface area contributed by atoms with E-state index in [-0.39, 0.29) is 0 Å². The van der Waals surface area contributed by atoms with Gasteiger partial charge in [-0.3, -0.25) is 0 Å². The van der Waals surface area contributed by atoms with Crippen LogP contribution in [0.2, 0.25) is 0 Å². The fourth-order valence-corrected chi connectivity index (χ4v) is 2.97. The highest BCUT2D eigenvalue weighted by Gasteiger charge is 2.20. The van der Waals surface area contributed by atoms with Crippen LogP contribution in [0.15, 0.2) is 48.5 Å². The van der Waals surface area contributed by atoms with Crippen molar-refractivity contribution < 1.29 is 0 Å². The molecule has 2 aromatic rings. The van der Waals surface area contributed by atoms with Crippen LogP contribution < -0.4 is 5.32 Å². The molecule has 1 unspecified atom stereocenters. The van der Waals surface area contributed by atoms with Crippen molar-refractivity contribution in [2.45, 2.75) is 25.4 Å². The number of halogens is 1. The third-order valence-corrected chi connectivity index (χ3v) is 4.32. The summed E-state index contributed by atoms with van der Waals surface area (Å²) >= 11 is 2.34. The van der Waals surface area contributed by atoms with Gasteiger partial charge in [-0.2, -0.15) is 0 Å². The quantitative estimate of drug-likeness (QED) is 0.824. The summed E-state index contributed by atoms with van der Waals surface area (Å²) in [5.74, 6) is 0. The van der Waals surface area contributed by atoms with Crippen LogP contribution in [0, 0.1) is 3.57 Å². The molecule has 3 rings (SSSR count). The maximum Gasteiger partial charge on any atom is 0.0329 e. The summed E-state index contributed by atoms with van der Waals surface area (Å²) in [6.07, 6.45) is 2.43. The van der Waals surface area contributed by atoms with Crippen LogP contribution in [0.5, 0.6) is 0 Å². The highest BCUT2D eigenvalue weighted by molar-refractivity contribution is 14.1. The zero-order chi connectivity index (χ0) is 12.4. The number of aryl methyl sites for hydroxylation is 1. The Morgan fingerprint density at radius 3 is 2.67 bits per heavy atom. The van der Waals surface area contributed by atoms with Crippen molar-refractivity contribution in [2.24, 2.45) is 0 Å². The molecule has 1 atom stereocenters. The predicted octanol–water partition coefficient (Wildman–Crippen LogP) is 4.07. The average molecular weight is 349 g/mol. The van der Waals surface area contributed by atoms with Gasteiger partial charge in [0.15, 0.2) is 0 Å². The van der Waals surface area contributed by atoms with Gasteiger partial charge in [-0.05, 0) is 64.3 Å². The lowest BCUT2D eigenvalue weighted by Crippen LogP contribution is -2.18. The maximum absolute atomic E-state index is 3.67. The summed E-state index contributed by atoms with van der Waals surface area (Å²) in [6.45, 7) is 0.954. The first-order chi connectivity index (χ1) is 8.83. The molecule has 1 nitrogen and oxygen atoms in total. The van der Waals surface area contributed by atoms with Crippen molar-refractivity contribution in [1.29, 1.82) is 0 Å². The maximum atomic E-state index is 3.67. The average Bonchev–Trinajstić information content (AvgIpc) is 2.82. The monoisotopic (exact) mass is 349 g/mol. The van der Waals surface area contributed by atoms with E-state index in [0.29, 0.717) is 6.04 Å². The van der Waals surface area contributed by atoms with Crippen LogP contribution in [0.4, 0.5) is 0 Å². The summed E-state index contributed by atoms with van der Waals surface area (Å²) in [7, 11) is 0. The highest BCUT2D eigenvalue weighted by Crippen LogP contribution is 2.30. The van der Waals surface area contributed by atoms with E-state index >= 15 is 0 Å². The van der Waals surface area contributed by atoms with E-state index in [0.717, 1.165) is 6.54 Å². The van der Waals surface area contributed by atoms with Gasteiger partial charge >= 0.3 is 0 Å². The van der Waals surface area contributed by atoms with Gasteiger partial charge in [-0.25, -0.2) is 0 Å². The predicted molar refractivity (Wildman–Crippen MR) is 83.5 cm³/mol. The molecular weight excluding hydrogens is 333 g/mol. The Morgan fingerprint density at radius 1 is 1.06 bits per heavy atom. The number of fused-ring (bicyclic) bond motifs is 1. The van der Waals surface area contributed by atoms with Crippen molar-refractivity contribution in [1.82, 2.24) is 5.32 Å². The number of hydrogen-bond donors (Lipinski definition) is 1. The molecule has 0 fully saturated rings. The van der Waals surface area contributed by atoms with E-state index < -0.39 is 0 Å². The molecule has 0 bridgehead atoms. The van der Waals surface area contributed by atoms with E-state index in [9.17, 15) is 0 Å². The van der Waals surface area contributed by atoms with Gasteiger partial charge in [0.1, 0.15) is 0 Å². The van der Waals surface area contributed by atoms with Crippen LogP contribution in [0.3, 0.4) is 0 Å². The second kappa shape index (κ2) is 5.41. The molecule has 0 saturated carbocycles. The van der Waals surface area contributed by atoms with Crippen LogP contribution in [0.1, 0.15) is 29.2 Å². The highest BCUT2D eigenvalue weighted by atomic mass is 127. The zero-order valence-corrected chi connectivity index (χ0v) is 12.4. The summed E-state index contributed by atoms with van der Waals surface area (Å²) in [6, 6.07) is 18.1. The molecule has 0 spiro atoms. The minimum absolute atomic E-state index is 0.528. The molecule has 2 aromatic carbocycles. The van der Waals surface area contributed by atoms with Gasteiger partial charge in [0.2, 0.25) is 0 Å². The fraction of sp³-hybridized carbons (Fsp3) is 0.250. The van der Waals surface area contributed by atoms with Crippen LogP contribution >= 0.6 is 22.6 Å². The molecule has 1 aliphatic rings. The largest absolute Gasteiger partial charge is 0.306 e. The Hall–Kier alpha value is -0.870. The molecule has 1 aliphatic carbocycles. The summed E-state index contributed by atoms with van der Waals surface area (Å²) in [4.78, 5) is 0. The second-order valence-corrected chi connectivity index (χ2v) is 6.04. The molecular formula is C16H16IN. The molecule has 18 heavy (non-hydrogen) atoms. The number of nitrogens with one attached hydrogen (secondary N) is 1. The minimum atomic E-state index is 0.528. The SMILES string of the molecule is Ic1ccc(CNC2CCc3ccccc32)cc1. The van der Waals surface area contributed by atoms with Crippen molar-refractivity contribution in [3.05, 3.63) is 68.8 Å². The molecule has 0 aliphatic heterocycles. The van der Waals surface area contributed by atoms with E-state index in [1.165, 1.54) is 33.1 Å². The summed E-state index contributed by atoms with van der Waals surface area (Å²) in [5.41, 5.74) is 4.36. The molecule has 0 aromatic heterocycles. The van der Waals surface area contributed by atoms with Crippen LogP contribution in [-0.2, 0) is 13.0 Å². The standard InChI is InChI=1S/C16H16IN/c17-14-8-5-12(6-9-14)11-18-16-10-7-13-3-1-2-4-15(13)16/h1-6,8-9,16,18H,7,10-11H2. The van der Waals surface area contributed by atoms with Crippen LogP contribution in [0.25, 0.3) is 0 Å². The Balaban J connectivity index is 1.67. The molecule has 0 amide bonds. The lowest BCUT2D eigenvalue weighted by Gasteiger charge is -2.14. The first kappa shape index (κ1) is 12.2. The second-order valence-electron chi connectivity index (χ2n) is 4.80. The molecule has 0 heterocycles. The summed E-state index contributed by atoms with van der Waals surface area (Å²) in [5, 5.41) is 3.67. The number of hydrogen-bond acceptors (Lipinski definition) is 1.